The number of rotatable bonds is 43. The lowest BCUT2D eigenvalue weighted by molar-refractivity contribution is -0.167. The third kappa shape index (κ3) is 44.3. The van der Waals surface area contributed by atoms with Gasteiger partial charge in [0.05, 0.1) is 0 Å². The molecule has 0 saturated carbocycles. The van der Waals surface area contributed by atoms with Crippen LogP contribution in [0.2, 0.25) is 0 Å². The zero-order valence-electron chi connectivity index (χ0n) is 37.6. The van der Waals surface area contributed by atoms with Crippen LogP contribution < -0.4 is 0 Å². The third-order valence-electron chi connectivity index (χ3n) is 10.3. The number of ether oxygens (including phenoxy) is 3. The highest BCUT2D eigenvalue weighted by molar-refractivity contribution is 5.71. The number of esters is 3. The first-order valence-electron chi connectivity index (χ1n) is 24.1. The van der Waals surface area contributed by atoms with E-state index in [1.54, 1.807) is 0 Å². The average Bonchev–Trinajstić information content (AvgIpc) is 3.21. The van der Waals surface area contributed by atoms with E-state index in [0.29, 0.717) is 19.3 Å². The maximum absolute atomic E-state index is 12.6. The zero-order valence-corrected chi connectivity index (χ0v) is 37.6. The molecule has 0 aromatic rings. The van der Waals surface area contributed by atoms with Crippen molar-refractivity contribution in [3.63, 3.8) is 0 Å². The van der Waals surface area contributed by atoms with Gasteiger partial charge in [-0.3, -0.25) is 14.4 Å². The molecule has 0 bridgehead atoms. The third-order valence-corrected chi connectivity index (χ3v) is 10.3. The minimum atomic E-state index is -0.764. The minimum Gasteiger partial charge on any atom is -0.462 e. The molecule has 0 aliphatic heterocycles. The first-order valence-corrected chi connectivity index (χ1v) is 24.1. The number of hydrogen-bond acceptors (Lipinski definition) is 6. The van der Waals surface area contributed by atoms with Crippen LogP contribution in [0.25, 0.3) is 0 Å². The molecule has 0 fully saturated rings. The topological polar surface area (TPSA) is 78.9 Å². The molecule has 0 radical (unpaired) electrons. The van der Waals surface area contributed by atoms with E-state index in [1.165, 1.54) is 116 Å². The van der Waals surface area contributed by atoms with Gasteiger partial charge in [0.2, 0.25) is 0 Å². The fourth-order valence-electron chi connectivity index (χ4n) is 6.73. The Bertz CT molecular complexity index is 1010. The van der Waals surface area contributed by atoms with Gasteiger partial charge < -0.3 is 14.2 Å². The van der Waals surface area contributed by atoms with E-state index >= 15 is 0 Å². The van der Waals surface area contributed by atoms with Gasteiger partial charge in [0.1, 0.15) is 13.2 Å². The van der Waals surface area contributed by atoms with Crippen molar-refractivity contribution in [1.29, 1.82) is 0 Å². The van der Waals surface area contributed by atoms with Gasteiger partial charge in [0.15, 0.2) is 6.10 Å². The monoisotopic (exact) mass is 799 g/mol. The predicted octanol–water partition coefficient (Wildman–Crippen LogP) is 15.5. The van der Waals surface area contributed by atoms with Crippen molar-refractivity contribution in [2.45, 2.75) is 245 Å². The van der Waals surface area contributed by atoms with Crippen molar-refractivity contribution in [2.24, 2.45) is 0 Å². The highest BCUT2D eigenvalue weighted by Gasteiger charge is 2.19. The van der Waals surface area contributed by atoms with Crippen LogP contribution in [-0.2, 0) is 28.6 Å². The zero-order chi connectivity index (χ0) is 41.5. The van der Waals surface area contributed by atoms with Crippen LogP contribution in [0.15, 0.2) is 48.6 Å². The second-order valence-corrected chi connectivity index (χ2v) is 16.0. The molecule has 0 aliphatic rings. The molecule has 57 heavy (non-hydrogen) atoms. The summed E-state index contributed by atoms with van der Waals surface area (Å²) >= 11 is 0. The molecule has 0 heterocycles. The fourth-order valence-corrected chi connectivity index (χ4v) is 6.73. The summed E-state index contributed by atoms with van der Waals surface area (Å²) < 4.78 is 16.6. The molecule has 330 valence electrons. The van der Waals surface area contributed by atoms with E-state index in [9.17, 15) is 14.4 Å². The Balaban J connectivity index is 4.02. The van der Waals surface area contributed by atoms with Gasteiger partial charge in [-0.25, -0.2) is 0 Å². The summed E-state index contributed by atoms with van der Waals surface area (Å²) in [6, 6.07) is 0. The summed E-state index contributed by atoms with van der Waals surface area (Å²) in [5.74, 6) is -0.885. The van der Waals surface area contributed by atoms with Gasteiger partial charge in [-0.05, 0) is 57.8 Å². The van der Waals surface area contributed by atoms with Gasteiger partial charge in [0.25, 0.3) is 0 Å². The molecule has 0 N–H and O–H groups in total. The first kappa shape index (κ1) is 54.4. The molecule has 0 aromatic carbocycles. The molecule has 0 aliphatic carbocycles. The van der Waals surface area contributed by atoms with E-state index in [4.69, 9.17) is 14.2 Å². The molecule has 0 spiro atoms. The van der Waals surface area contributed by atoms with Gasteiger partial charge in [0, 0.05) is 19.3 Å². The second-order valence-electron chi connectivity index (χ2n) is 16.0. The van der Waals surface area contributed by atoms with Crippen molar-refractivity contribution < 1.29 is 28.6 Å². The van der Waals surface area contributed by atoms with Crippen LogP contribution in [-0.4, -0.2) is 37.2 Å². The van der Waals surface area contributed by atoms with E-state index in [-0.39, 0.29) is 31.1 Å². The molecule has 1 atom stereocenters. The molecule has 0 aromatic heterocycles. The smallest absolute Gasteiger partial charge is 0.306 e. The number of carbonyl (C=O) groups is 3. The lowest BCUT2D eigenvalue weighted by Crippen LogP contribution is -2.30. The Kier molecular flexibility index (Phi) is 43.9. The fraction of sp³-hybridized carbons (Fsp3) is 0.784. The maximum Gasteiger partial charge on any atom is 0.306 e. The Morgan fingerprint density at radius 2 is 0.684 bits per heavy atom. The van der Waals surface area contributed by atoms with Crippen molar-refractivity contribution in [2.75, 3.05) is 13.2 Å². The van der Waals surface area contributed by atoms with E-state index < -0.39 is 6.10 Å². The largest absolute Gasteiger partial charge is 0.462 e. The summed E-state index contributed by atoms with van der Waals surface area (Å²) in [7, 11) is 0. The van der Waals surface area contributed by atoms with Crippen molar-refractivity contribution in [3.8, 4) is 0 Å². The summed E-state index contributed by atoms with van der Waals surface area (Å²) in [5.41, 5.74) is 0. The van der Waals surface area contributed by atoms with Crippen LogP contribution in [0.3, 0.4) is 0 Å². The van der Waals surface area contributed by atoms with Gasteiger partial charge in [-0.2, -0.15) is 0 Å². The molecule has 1 unspecified atom stereocenters. The van der Waals surface area contributed by atoms with Gasteiger partial charge in [-0.1, -0.05) is 211 Å². The Morgan fingerprint density at radius 1 is 0.368 bits per heavy atom. The van der Waals surface area contributed by atoms with Crippen molar-refractivity contribution >= 4 is 17.9 Å². The molecular weight excluding hydrogens is 709 g/mol. The standard InChI is InChI=1S/C51H90O6/c1-4-7-10-13-16-17-18-19-20-21-22-23-24-25-26-27-28-29-30-31-32-33-36-38-41-44-50(53)56-47-48(57-51(54)45-42-39-35-15-12-9-6-3)46-55-49(52)43-40-37-34-14-11-8-5-2/h7,10,16-17,19-20,22-23,48H,4-6,8-9,11-15,18,21,24-47H2,1-3H3/b10-7-,17-16-,20-19-,23-22-. The van der Waals surface area contributed by atoms with Crippen LogP contribution in [0.4, 0.5) is 0 Å². The van der Waals surface area contributed by atoms with E-state index in [2.05, 4.69) is 69.4 Å². The molecular formula is C51H90O6. The van der Waals surface area contributed by atoms with E-state index in [0.717, 1.165) is 83.5 Å². The number of allylic oxidation sites excluding steroid dienone is 8. The lowest BCUT2D eigenvalue weighted by Gasteiger charge is -2.18. The highest BCUT2D eigenvalue weighted by Crippen LogP contribution is 2.15. The van der Waals surface area contributed by atoms with Gasteiger partial charge >= 0.3 is 17.9 Å². The molecule has 6 nitrogen and oxygen atoms in total. The molecule has 0 saturated heterocycles. The lowest BCUT2D eigenvalue weighted by atomic mass is 10.0. The van der Waals surface area contributed by atoms with E-state index in [1.807, 2.05) is 0 Å². The maximum atomic E-state index is 12.6. The van der Waals surface area contributed by atoms with Crippen LogP contribution in [0.5, 0.6) is 0 Å². The van der Waals surface area contributed by atoms with Crippen molar-refractivity contribution in [1.82, 2.24) is 0 Å². The second kappa shape index (κ2) is 46.1. The SMILES string of the molecule is CC/C=C\C/C=C\C/C=C\C/C=C\CCCCCCCCCCCCCCC(=O)OCC(COC(=O)CCCCCCCCC)OC(=O)CCCCCCCCC. The Morgan fingerprint density at radius 3 is 1.07 bits per heavy atom. The molecule has 6 heteroatoms. The predicted molar refractivity (Wildman–Crippen MR) is 242 cm³/mol. The number of carbonyl (C=O) groups excluding carboxylic acids is 3. The number of hydrogen-bond donors (Lipinski definition) is 0. The summed E-state index contributed by atoms with van der Waals surface area (Å²) in [5, 5.41) is 0. The normalized spacial score (nSPS) is 12.4. The summed E-state index contributed by atoms with van der Waals surface area (Å²) in [6.07, 6.45) is 54.2. The molecule has 0 rings (SSSR count). The number of unbranched alkanes of at least 4 members (excludes halogenated alkanes) is 24. The summed E-state index contributed by atoms with van der Waals surface area (Å²) in [4.78, 5) is 37.5. The quantitative estimate of drug-likeness (QED) is 0.0265. The van der Waals surface area contributed by atoms with Crippen LogP contribution >= 0.6 is 0 Å². The van der Waals surface area contributed by atoms with Crippen molar-refractivity contribution in [3.05, 3.63) is 48.6 Å². The van der Waals surface area contributed by atoms with Crippen LogP contribution in [0, 0.1) is 0 Å². The Hall–Kier alpha value is -2.63. The Labute approximate surface area is 352 Å². The average molecular weight is 799 g/mol. The highest BCUT2D eigenvalue weighted by atomic mass is 16.6. The molecule has 0 amide bonds. The van der Waals surface area contributed by atoms with Gasteiger partial charge in [-0.15, -0.1) is 0 Å². The minimum absolute atomic E-state index is 0.0714. The van der Waals surface area contributed by atoms with Crippen LogP contribution in [0.1, 0.15) is 239 Å². The summed E-state index contributed by atoms with van der Waals surface area (Å²) in [6.45, 7) is 6.44. The first-order chi connectivity index (χ1) is 28.0.